The van der Waals surface area contributed by atoms with Crippen LogP contribution in [0.25, 0.3) is 22.0 Å². The summed E-state index contributed by atoms with van der Waals surface area (Å²) in [7, 11) is 0. The molecule has 5 rings (SSSR count). The SMILES string of the molecule is CC1(C)COc2ccc(-c3ccc4[nH]c(CN5CCC[C@@H]5CO)cc4c3)cc21. The molecule has 2 aromatic carbocycles. The Hall–Kier alpha value is -2.30. The van der Waals surface area contributed by atoms with E-state index >= 15 is 0 Å². The fourth-order valence-electron chi connectivity index (χ4n) is 4.69. The topological polar surface area (TPSA) is 48.5 Å². The highest BCUT2D eigenvalue weighted by molar-refractivity contribution is 5.86. The first-order valence-corrected chi connectivity index (χ1v) is 10.3. The summed E-state index contributed by atoms with van der Waals surface area (Å²) in [5.41, 5.74) is 6.22. The molecule has 0 spiro atoms. The fraction of sp³-hybridized carbons (Fsp3) is 0.417. The van der Waals surface area contributed by atoms with Crippen molar-refractivity contribution in [2.45, 2.75) is 44.7 Å². The summed E-state index contributed by atoms with van der Waals surface area (Å²) in [5, 5.41) is 10.8. The van der Waals surface area contributed by atoms with Gasteiger partial charge in [0.15, 0.2) is 0 Å². The predicted molar refractivity (Wildman–Crippen MR) is 113 cm³/mol. The number of hydrogen-bond acceptors (Lipinski definition) is 3. The van der Waals surface area contributed by atoms with Crippen LogP contribution in [0.15, 0.2) is 42.5 Å². The fourth-order valence-corrected chi connectivity index (χ4v) is 4.69. The molecule has 3 heterocycles. The minimum Gasteiger partial charge on any atom is -0.492 e. The first kappa shape index (κ1) is 17.8. The highest BCUT2D eigenvalue weighted by atomic mass is 16.5. The summed E-state index contributed by atoms with van der Waals surface area (Å²) in [5.74, 6) is 1.02. The molecule has 0 radical (unpaired) electrons. The molecule has 1 atom stereocenters. The van der Waals surface area contributed by atoms with Gasteiger partial charge >= 0.3 is 0 Å². The van der Waals surface area contributed by atoms with Gasteiger partial charge in [-0.3, -0.25) is 4.90 Å². The first-order valence-electron chi connectivity index (χ1n) is 10.3. The van der Waals surface area contributed by atoms with Gasteiger partial charge < -0.3 is 14.8 Å². The number of H-pyrrole nitrogens is 1. The lowest BCUT2D eigenvalue weighted by Gasteiger charge is -2.21. The van der Waals surface area contributed by atoms with E-state index in [1.54, 1.807) is 0 Å². The second kappa shape index (κ2) is 6.64. The molecule has 4 heteroatoms. The van der Waals surface area contributed by atoms with Gasteiger partial charge in [0.05, 0.1) is 13.2 Å². The van der Waals surface area contributed by atoms with Gasteiger partial charge in [-0.25, -0.2) is 0 Å². The van der Waals surface area contributed by atoms with E-state index in [1.165, 1.54) is 39.7 Å². The van der Waals surface area contributed by atoms with Crippen molar-refractivity contribution in [2.75, 3.05) is 19.8 Å². The molecule has 0 saturated carbocycles. The zero-order valence-electron chi connectivity index (χ0n) is 16.7. The number of hydrogen-bond donors (Lipinski definition) is 2. The molecule has 3 aromatic rings. The van der Waals surface area contributed by atoms with Crippen LogP contribution < -0.4 is 4.74 Å². The molecular weight excluding hydrogens is 348 g/mol. The molecule has 28 heavy (non-hydrogen) atoms. The van der Waals surface area contributed by atoms with Crippen LogP contribution in [0.3, 0.4) is 0 Å². The van der Waals surface area contributed by atoms with Crippen molar-refractivity contribution in [3.05, 3.63) is 53.7 Å². The molecule has 4 nitrogen and oxygen atoms in total. The van der Waals surface area contributed by atoms with Crippen LogP contribution in [0.2, 0.25) is 0 Å². The van der Waals surface area contributed by atoms with Gasteiger partial charge in [0.25, 0.3) is 0 Å². The number of aliphatic hydroxyl groups excluding tert-OH is 1. The molecule has 2 aliphatic heterocycles. The summed E-state index contributed by atoms with van der Waals surface area (Å²) >= 11 is 0. The Morgan fingerprint density at radius 2 is 1.96 bits per heavy atom. The van der Waals surface area contributed by atoms with Crippen LogP contribution in [-0.2, 0) is 12.0 Å². The average molecular weight is 377 g/mol. The molecule has 0 aliphatic carbocycles. The number of aliphatic hydroxyl groups is 1. The van der Waals surface area contributed by atoms with E-state index in [1.807, 2.05) is 0 Å². The minimum absolute atomic E-state index is 0.0652. The number of likely N-dealkylation sites (tertiary alicyclic amines) is 1. The van der Waals surface area contributed by atoms with Crippen molar-refractivity contribution in [3.63, 3.8) is 0 Å². The number of aromatic amines is 1. The smallest absolute Gasteiger partial charge is 0.123 e. The van der Waals surface area contributed by atoms with Crippen LogP contribution in [0, 0.1) is 0 Å². The number of nitrogens with one attached hydrogen (secondary N) is 1. The van der Waals surface area contributed by atoms with Crippen molar-refractivity contribution < 1.29 is 9.84 Å². The third-order valence-corrected chi connectivity index (χ3v) is 6.39. The third-order valence-electron chi connectivity index (χ3n) is 6.39. The zero-order valence-corrected chi connectivity index (χ0v) is 16.7. The Kier molecular flexibility index (Phi) is 4.22. The maximum Gasteiger partial charge on any atom is 0.123 e. The van der Waals surface area contributed by atoms with E-state index in [9.17, 15) is 5.11 Å². The van der Waals surface area contributed by atoms with Gasteiger partial charge in [-0.05, 0) is 60.8 Å². The normalized spacial score (nSPS) is 21.2. The zero-order chi connectivity index (χ0) is 19.3. The van der Waals surface area contributed by atoms with Crippen molar-refractivity contribution in [1.29, 1.82) is 0 Å². The quantitative estimate of drug-likeness (QED) is 0.707. The van der Waals surface area contributed by atoms with Gasteiger partial charge in [0.2, 0.25) is 0 Å². The number of fused-ring (bicyclic) bond motifs is 2. The van der Waals surface area contributed by atoms with Crippen molar-refractivity contribution in [1.82, 2.24) is 9.88 Å². The second-order valence-corrected chi connectivity index (χ2v) is 8.93. The number of benzene rings is 2. The van der Waals surface area contributed by atoms with Gasteiger partial charge in [0, 0.05) is 40.2 Å². The monoisotopic (exact) mass is 376 g/mol. The van der Waals surface area contributed by atoms with E-state index in [0.29, 0.717) is 6.04 Å². The maximum absolute atomic E-state index is 9.56. The van der Waals surface area contributed by atoms with Gasteiger partial charge in [-0.1, -0.05) is 26.0 Å². The summed E-state index contributed by atoms with van der Waals surface area (Å²) in [6.45, 7) is 7.42. The number of rotatable bonds is 4. The lowest BCUT2D eigenvalue weighted by atomic mass is 9.85. The first-order chi connectivity index (χ1) is 13.5. The summed E-state index contributed by atoms with van der Waals surface area (Å²) in [4.78, 5) is 5.94. The maximum atomic E-state index is 9.56. The van der Waals surface area contributed by atoms with Crippen molar-refractivity contribution >= 4 is 10.9 Å². The van der Waals surface area contributed by atoms with Gasteiger partial charge in [-0.2, -0.15) is 0 Å². The van der Waals surface area contributed by atoms with E-state index in [0.717, 1.165) is 31.9 Å². The summed E-state index contributed by atoms with van der Waals surface area (Å²) < 4.78 is 5.83. The molecular formula is C24H28N2O2. The standard InChI is InChI=1S/C24H28N2O2/c1-24(2)15-28-23-8-6-17(12-21(23)24)16-5-7-22-18(10-16)11-19(25-22)13-26-9-3-4-20(26)14-27/h5-8,10-12,20,25,27H,3-4,9,13-15H2,1-2H3/t20-/m1/s1. The molecule has 146 valence electrons. The van der Waals surface area contributed by atoms with Crippen LogP contribution >= 0.6 is 0 Å². The molecule has 2 N–H and O–H groups in total. The summed E-state index contributed by atoms with van der Waals surface area (Å²) in [6.07, 6.45) is 2.27. The Labute approximate surface area is 166 Å². The van der Waals surface area contributed by atoms with E-state index in [4.69, 9.17) is 4.74 Å². The molecule has 1 saturated heterocycles. The molecule has 0 unspecified atom stereocenters. The Balaban J connectivity index is 1.44. The highest BCUT2D eigenvalue weighted by Crippen LogP contribution is 2.40. The van der Waals surface area contributed by atoms with Crippen LogP contribution in [0.1, 0.15) is 37.9 Å². The minimum atomic E-state index is 0.0652. The molecule has 1 fully saturated rings. The molecule has 0 bridgehead atoms. The Morgan fingerprint density at radius 3 is 2.82 bits per heavy atom. The van der Waals surface area contributed by atoms with Crippen molar-refractivity contribution in [2.24, 2.45) is 0 Å². The molecule has 1 aromatic heterocycles. The van der Waals surface area contributed by atoms with Crippen LogP contribution in [-0.4, -0.2) is 40.8 Å². The number of ether oxygens (including phenoxy) is 1. The second-order valence-electron chi connectivity index (χ2n) is 8.93. The molecule has 0 amide bonds. The number of nitrogens with zero attached hydrogens (tertiary/aromatic N) is 1. The van der Waals surface area contributed by atoms with E-state index in [2.05, 4.69) is 66.2 Å². The Bertz CT molecular complexity index is 1020. The summed E-state index contributed by atoms with van der Waals surface area (Å²) in [6, 6.07) is 15.8. The van der Waals surface area contributed by atoms with E-state index < -0.39 is 0 Å². The number of aromatic nitrogens is 1. The third kappa shape index (κ3) is 3.01. The lowest BCUT2D eigenvalue weighted by Crippen LogP contribution is -2.31. The van der Waals surface area contributed by atoms with Crippen LogP contribution in [0.4, 0.5) is 0 Å². The largest absolute Gasteiger partial charge is 0.492 e. The predicted octanol–water partition coefficient (Wildman–Crippen LogP) is 4.46. The van der Waals surface area contributed by atoms with Gasteiger partial charge in [0.1, 0.15) is 5.75 Å². The van der Waals surface area contributed by atoms with Crippen LogP contribution in [0.5, 0.6) is 5.75 Å². The highest BCUT2D eigenvalue weighted by Gasteiger charge is 2.31. The van der Waals surface area contributed by atoms with E-state index in [-0.39, 0.29) is 12.0 Å². The van der Waals surface area contributed by atoms with Gasteiger partial charge in [-0.15, -0.1) is 0 Å². The van der Waals surface area contributed by atoms with Crippen molar-refractivity contribution in [3.8, 4) is 16.9 Å². The molecule has 2 aliphatic rings. The lowest BCUT2D eigenvalue weighted by molar-refractivity contribution is 0.152. The Morgan fingerprint density at radius 1 is 1.14 bits per heavy atom. The average Bonchev–Trinajstić information content (AvgIpc) is 3.38.